The average Bonchev–Trinajstić information content (AvgIpc) is 2.78. The van der Waals surface area contributed by atoms with Crippen LogP contribution in [0.5, 0.6) is 0 Å². The maximum Gasteiger partial charge on any atom is 0.0966 e. The van der Waals surface area contributed by atoms with Crippen LogP contribution in [0, 0.1) is 0 Å². The molecule has 0 spiro atoms. The molecule has 0 amide bonds. The van der Waals surface area contributed by atoms with Gasteiger partial charge in [-0.05, 0) is 33.6 Å². The van der Waals surface area contributed by atoms with Gasteiger partial charge in [0.1, 0.15) is 0 Å². The number of thiazole rings is 1. The summed E-state index contributed by atoms with van der Waals surface area (Å²) in [6, 6.07) is 10.6. The molecule has 1 heterocycles. The van der Waals surface area contributed by atoms with E-state index in [0.717, 1.165) is 6.54 Å². The highest BCUT2D eigenvalue weighted by Gasteiger charge is 2.25. The Morgan fingerprint density at radius 2 is 1.90 bits per heavy atom. The van der Waals surface area contributed by atoms with Gasteiger partial charge in [-0.2, -0.15) is 0 Å². The van der Waals surface area contributed by atoms with Gasteiger partial charge in [0.25, 0.3) is 0 Å². The Morgan fingerprint density at radius 3 is 2.48 bits per heavy atom. The Morgan fingerprint density at radius 1 is 1.19 bits per heavy atom. The normalized spacial score (nSPS) is 16.0. The molecule has 0 saturated heterocycles. The van der Waals surface area contributed by atoms with Crippen molar-refractivity contribution in [3.8, 4) is 11.3 Å². The van der Waals surface area contributed by atoms with E-state index >= 15 is 0 Å². The molecule has 1 aromatic heterocycles. The van der Waals surface area contributed by atoms with Crippen LogP contribution in [-0.4, -0.2) is 10.5 Å². The zero-order valence-corrected chi connectivity index (χ0v) is 14.0. The second-order valence-corrected chi connectivity index (χ2v) is 8.04. The molecule has 3 heteroatoms. The first-order valence-corrected chi connectivity index (χ1v) is 8.64. The molecule has 0 radical (unpaired) electrons. The number of aromatic nitrogens is 1. The highest BCUT2D eigenvalue weighted by molar-refractivity contribution is 7.12. The molecule has 0 unspecified atom stereocenters. The van der Waals surface area contributed by atoms with Crippen molar-refractivity contribution < 1.29 is 0 Å². The molecule has 1 saturated carbocycles. The second kappa shape index (κ2) is 5.90. The molecule has 2 nitrogen and oxygen atoms in total. The lowest BCUT2D eigenvalue weighted by molar-refractivity contribution is 0.418. The molecule has 0 bridgehead atoms. The monoisotopic (exact) mass is 300 g/mol. The van der Waals surface area contributed by atoms with Crippen molar-refractivity contribution in [2.75, 3.05) is 0 Å². The van der Waals surface area contributed by atoms with Crippen LogP contribution < -0.4 is 5.32 Å². The molecule has 2 aromatic rings. The number of benzene rings is 1. The van der Waals surface area contributed by atoms with Crippen LogP contribution in [0.3, 0.4) is 0 Å². The Kier molecular flexibility index (Phi) is 4.14. The summed E-state index contributed by atoms with van der Waals surface area (Å²) in [6.45, 7) is 7.54. The maximum absolute atomic E-state index is 4.98. The summed E-state index contributed by atoms with van der Waals surface area (Å²) in [5.74, 6) is 0.709. The van der Waals surface area contributed by atoms with Crippen LogP contribution in [-0.2, 0) is 6.54 Å². The highest BCUT2D eigenvalue weighted by Crippen LogP contribution is 2.41. The van der Waals surface area contributed by atoms with E-state index in [1.807, 2.05) is 11.3 Å². The summed E-state index contributed by atoms with van der Waals surface area (Å²) >= 11 is 1.91. The van der Waals surface area contributed by atoms with Crippen molar-refractivity contribution in [3.63, 3.8) is 0 Å². The predicted octanol–water partition coefficient (Wildman–Crippen LogP) is 4.97. The molecular formula is C18H24N2S. The first-order chi connectivity index (χ1) is 10.0. The smallest absolute Gasteiger partial charge is 0.0966 e. The van der Waals surface area contributed by atoms with Crippen molar-refractivity contribution in [1.29, 1.82) is 0 Å². The van der Waals surface area contributed by atoms with E-state index in [0.29, 0.717) is 5.92 Å². The molecule has 1 N–H and O–H groups in total. The Labute approximate surface area is 131 Å². The number of hydrogen-bond donors (Lipinski definition) is 1. The summed E-state index contributed by atoms with van der Waals surface area (Å²) in [4.78, 5) is 6.35. The quantitative estimate of drug-likeness (QED) is 0.862. The summed E-state index contributed by atoms with van der Waals surface area (Å²) < 4.78 is 0. The summed E-state index contributed by atoms with van der Waals surface area (Å²) in [7, 11) is 0. The van der Waals surface area contributed by atoms with Gasteiger partial charge >= 0.3 is 0 Å². The minimum absolute atomic E-state index is 0.134. The summed E-state index contributed by atoms with van der Waals surface area (Å²) in [5.41, 5.74) is 2.55. The summed E-state index contributed by atoms with van der Waals surface area (Å²) in [6.07, 6.45) is 3.99. The molecule has 0 aliphatic heterocycles. The maximum atomic E-state index is 4.98. The molecule has 112 valence electrons. The largest absolute Gasteiger partial charge is 0.307 e. The van der Waals surface area contributed by atoms with Crippen LogP contribution in [0.4, 0.5) is 0 Å². The van der Waals surface area contributed by atoms with Crippen LogP contribution in [0.2, 0.25) is 0 Å². The van der Waals surface area contributed by atoms with Gasteiger partial charge in [-0.15, -0.1) is 11.3 Å². The SMILES string of the molecule is CC(C)(C)NCc1sc(C2CCC2)nc1-c1ccccc1. The van der Waals surface area contributed by atoms with Crippen molar-refractivity contribution in [3.05, 3.63) is 40.2 Å². The predicted molar refractivity (Wildman–Crippen MR) is 90.7 cm³/mol. The van der Waals surface area contributed by atoms with E-state index in [1.54, 1.807) is 0 Å². The van der Waals surface area contributed by atoms with Gasteiger partial charge in [0.05, 0.1) is 10.7 Å². The number of nitrogens with zero attached hydrogens (tertiary/aromatic N) is 1. The highest BCUT2D eigenvalue weighted by atomic mass is 32.1. The second-order valence-electron chi connectivity index (χ2n) is 6.92. The molecular weight excluding hydrogens is 276 g/mol. The van der Waals surface area contributed by atoms with E-state index < -0.39 is 0 Å². The third-order valence-electron chi connectivity index (χ3n) is 3.99. The Bertz CT molecular complexity index is 591. The van der Waals surface area contributed by atoms with Crippen LogP contribution in [0.25, 0.3) is 11.3 Å². The van der Waals surface area contributed by atoms with Gasteiger partial charge in [0.15, 0.2) is 0 Å². The van der Waals surface area contributed by atoms with E-state index in [9.17, 15) is 0 Å². The molecule has 1 aliphatic carbocycles. The Balaban J connectivity index is 1.90. The Hall–Kier alpha value is -1.19. The van der Waals surface area contributed by atoms with E-state index in [1.165, 1.54) is 40.4 Å². The first-order valence-electron chi connectivity index (χ1n) is 7.83. The fraction of sp³-hybridized carbons (Fsp3) is 0.500. The molecule has 1 aliphatic rings. The zero-order valence-electron chi connectivity index (χ0n) is 13.1. The zero-order chi connectivity index (χ0) is 14.9. The third kappa shape index (κ3) is 3.53. The van der Waals surface area contributed by atoms with Gasteiger partial charge in [-0.3, -0.25) is 0 Å². The van der Waals surface area contributed by atoms with Crippen LogP contribution in [0.1, 0.15) is 55.8 Å². The minimum Gasteiger partial charge on any atom is -0.307 e. The van der Waals surface area contributed by atoms with Crippen molar-refractivity contribution in [1.82, 2.24) is 10.3 Å². The first kappa shape index (κ1) is 14.7. The lowest BCUT2D eigenvalue weighted by Gasteiger charge is -2.22. The molecule has 1 fully saturated rings. The van der Waals surface area contributed by atoms with Gasteiger partial charge in [0, 0.05) is 28.4 Å². The minimum atomic E-state index is 0.134. The fourth-order valence-electron chi connectivity index (χ4n) is 2.49. The van der Waals surface area contributed by atoms with E-state index in [-0.39, 0.29) is 5.54 Å². The van der Waals surface area contributed by atoms with E-state index in [4.69, 9.17) is 4.98 Å². The molecule has 0 atom stereocenters. The number of hydrogen-bond acceptors (Lipinski definition) is 3. The average molecular weight is 300 g/mol. The van der Waals surface area contributed by atoms with Crippen LogP contribution in [0.15, 0.2) is 30.3 Å². The lowest BCUT2D eigenvalue weighted by atomic mass is 9.86. The van der Waals surface area contributed by atoms with Gasteiger partial charge in [-0.25, -0.2) is 4.98 Å². The molecule has 21 heavy (non-hydrogen) atoms. The van der Waals surface area contributed by atoms with Crippen molar-refractivity contribution in [2.45, 2.75) is 58.0 Å². The van der Waals surface area contributed by atoms with Gasteiger partial charge in [0.2, 0.25) is 0 Å². The topological polar surface area (TPSA) is 24.9 Å². The van der Waals surface area contributed by atoms with Crippen molar-refractivity contribution in [2.24, 2.45) is 0 Å². The lowest BCUT2D eigenvalue weighted by Crippen LogP contribution is -2.34. The molecule has 3 rings (SSSR count). The number of nitrogens with one attached hydrogen (secondary N) is 1. The van der Waals surface area contributed by atoms with Gasteiger partial charge < -0.3 is 5.32 Å². The van der Waals surface area contributed by atoms with Gasteiger partial charge in [-0.1, -0.05) is 36.8 Å². The summed E-state index contributed by atoms with van der Waals surface area (Å²) in [5, 5.41) is 4.95. The third-order valence-corrected chi connectivity index (χ3v) is 5.21. The number of rotatable bonds is 4. The van der Waals surface area contributed by atoms with Crippen LogP contribution >= 0.6 is 11.3 Å². The fourth-order valence-corrected chi connectivity index (χ4v) is 3.68. The molecule has 1 aromatic carbocycles. The van der Waals surface area contributed by atoms with Crippen molar-refractivity contribution >= 4 is 11.3 Å². The van der Waals surface area contributed by atoms with E-state index in [2.05, 4.69) is 56.4 Å². The standard InChI is InChI=1S/C18H24N2S/c1-18(2,3)19-12-15-16(13-8-5-4-6-9-13)20-17(21-15)14-10-7-11-14/h4-6,8-9,14,19H,7,10-12H2,1-3H3.